The van der Waals surface area contributed by atoms with Gasteiger partial charge in [-0.1, -0.05) is 30.3 Å². The molecule has 0 aliphatic heterocycles. The van der Waals surface area contributed by atoms with E-state index in [2.05, 4.69) is 5.32 Å². The topological polar surface area (TPSA) is 64.9 Å². The monoisotopic (exact) mass is 419 g/mol. The van der Waals surface area contributed by atoms with E-state index in [0.29, 0.717) is 41.7 Å². The molecule has 2 aromatic heterocycles. The Morgan fingerprint density at radius 3 is 2.58 bits per heavy atom. The molecule has 0 radical (unpaired) electrons. The summed E-state index contributed by atoms with van der Waals surface area (Å²) >= 11 is 0. The highest BCUT2D eigenvalue weighted by molar-refractivity contribution is 5.82. The molecule has 0 unspecified atom stereocenters. The number of benzene rings is 2. The highest BCUT2D eigenvalue weighted by atomic mass is 19.1. The number of aromatic nitrogens is 2. The second-order valence-electron chi connectivity index (χ2n) is 6.81. The van der Waals surface area contributed by atoms with Crippen molar-refractivity contribution in [3.05, 3.63) is 84.3 Å². The fourth-order valence-electron chi connectivity index (χ4n) is 3.24. The molecule has 0 aliphatic rings. The first-order valence-corrected chi connectivity index (χ1v) is 9.99. The van der Waals surface area contributed by atoms with Gasteiger partial charge in [0, 0.05) is 11.8 Å². The standard InChI is InChI=1S/C24H22FN3O3/c1-2-30-21(29)15-26-24-22(18-10-12-19(25)13-11-18)27-23-20(9-6-14-28(23)24)31-16-17-7-4-3-5-8-17/h3-14,26H,2,15-16H2,1H3. The van der Waals surface area contributed by atoms with E-state index < -0.39 is 0 Å². The van der Waals surface area contributed by atoms with Crippen molar-refractivity contribution in [1.29, 1.82) is 0 Å². The van der Waals surface area contributed by atoms with Crippen LogP contribution in [0.3, 0.4) is 0 Å². The van der Waals surface area contributed by atoms with Crippen molar-refractivity contribution < 1.29 is 18.7 Å². The number of nitrogens with one attached hydrogen (secondary N) is 1. The number of pyridine rings is 1. The van der Waals surface area contributed by atoms with Crippen molar-refractivity contribution in [3.63, 3.8) is 0 Å². The van der Waals surface area contributed by atoms with Crippen LogP contribution in [0.4, 0.5) is 10.2 Å². The SMILES string of the molecule is CCOC(=O)CNc1c(-c2ccc(F)cc2)nc2c(OCc3ccccc3)cccn12. The summed E-state index contributed by atoms with van der Waals surface area (Å²) in [6.07, 6.45) is 1.83. The van der Waals surface area contributed by atoms with E-state index in [1.54, 1.807) is 19.1 Å². The van der Waals surface area contributed by atoms with Gasteiger partial charge in [0.2, 0.25) is 0 Å². The third-order valence-corrected chi connectivity index (χ3v) is 4.67. The maximum absolute atomic E-state index is 13.4. The average molecular weight is 419 g/mol. The molecule has 0 spiro atoms. The van der Waals surface area contributed by atoms with Crippen LogP contribution in [0.1, 0.15) is 12.5 Å². The molecule has 31 heavy (non-hydrogen) atoms. The first-order chi connectivity index (χ1) is 15.2. The van der Waals surface area contributed by atoms with Crippen LogP contribution in [0.15, 0.2) is 72.9 Å². The lowest BCUT2D eigenvalue weighted by Crippen LogP contribution is -2.17. The summed E-state index contributed by atoms with van der Waals surface area (Å²) < 4.78 is 26.3. The van der Waals surface area contributed by atoms with Crippen LogP contribution in [0, 0.1) is 5.82 Å². The summed E-state index contributed by atoms with van der Waals surface area (Å²) in [5.74, 6) is 0.484. The van der Waals surface area contributed by atoms with Gasteiger partial charge in [0.25, 0.3) is 0 Å². The lowest BCUT2D eigenvalue weighted by molar-refractivity contribution is -0.140. The van der Waals surface area contributed by atoms with Crippen LogP contribution in [-0.4, -0.2) is 28.5 Å². The zero-order valence-electron chi connectivity index (χ0n) is 17.0. The molecule has 4 aromatic rings. The Morgan fingerprint density at radius 2 is 1.84 bits per heavy atom. The largest absolute Gasteiger partial charge is 0.485 e. The normalized spacial score (nSPS) is 10.8. The molecule has 6 nitrogen and oxygen atoms in total. The minimum atomic E-state index is -0.376. The van der Waals surface area contributed by atoms with Gasteiger partial charge in [0.1, 0.15) is 30.5 Å². The molecule has 0 amide bonds. The first kappa shape index (κ1) is 20.4. The predicted molar refractivity (Wildman–Crippen MR) is 116 cm³/mol. The van der Waals surface area contributed by atoms with Crippen molar-refractivity contribution in [2.45, 2.75) is 13.5 Å². The maximum Gasteiger partial charge on any atom is 0.325 e. The van der Waals surface area contributed by atoms with Crippen molar-refractivity contribution in [1.82, 2.24) is 9.38 Å². The smallest absolute Gasteiger partial charge is 0.325 e. The second-order valence-corrected chi connectivity index (χ2v) is 6.81. The number of hydrogen-bond donors (Lipinski definition) is 1. The molecular formula is C24H22FN3O3. The molecule has 4 rings (SSSR count). The van der Waals surface area contributed by atoms with Crippen molar-refractivity contribution in [3.8, 4) is 17.0 Å². The van der Waals surface area contributed by atoms with Crippen molar-refractivity contribution in [2.24, 2.45) is 0 Å². The third-order valence-electron chi connectivity index (χ3n) is 4.67. The maximum atomic E-state index is 13.4. The van der Waals surface area contributed by atoms with E-state index in [1.165, 1.54) is 12.1 Å². The van der Waals surface area contributed by atoms with Gasteiger partial charge in [-0.05, 0) is 48.9 Å². The molecule has 2 aromatic carbocycles. The van der Waals surface area contributed by atoms with E-state index in [0.717, 1.165) is 5.56 Å². The zero-order valence-corrected chi connectivity index (χ0v) is 17.0. The molecule has 0 saturated heterocycles. The Hall–Kier alpha value is -3.87. The van der Waals surface area contributed by atoms with E-state index >= 15 is 0 Å². The number of nitrogens with zero attached hydrogens (tertiary/aromatic N) is 2. The lowest BCUT2D eigenvalue weighted by Gasteiger charge is -2.10. The molecule has 158 valence electrons. The molecule has 1 N–H and O–H groups in total. The van der Waals surface area contributed by atoms with Crippen LogP contribution in [0.5, 0.6) is 5.75 Å². The van der Waals surface area contributed by atoms with Crippen LogP contribution >= 0.6 is 0 Å². The fourth-order valence-corrected chi connectivity index (χ4v) is 3.24. The van der Waals surface area contributed by atoms with Gasteiger partial charge in [-0.25, -0.2) is 9.37 Å². The number of carbonyl (C=O) groups excluding carboxylic acids is 1. The van der Waals surface area contributed by atoms with Crippen LogP contribution in [-0.2, 0) is 16.1 Å². The zero-order chi connectivity index (χ0) is 21.6. The number of esters is 1. The Balaban J connectivity index is 1.72. The summed E-state index contributed by atoms with van der Waals surface area (Å²) in [7, 11) is 0. The van der Waals surface area contributed by atoms with Crippen LogP contribution < -0.4 is 10.1 Å². The number of imidazole rings is 1. The molecule has 0 fully saturated rings. The number of fused-ring (bicyclic) bond motifs is 1. The van der Waals surface area contributed by atoms with Gasteiger partial charge in [-0.3, -0.25) is 9.20 Å². The van der Waals surface area contributed by atoms with Crippen LogP contribution in [0.25, 0.3) is 16.9 Å². The van der Waals surface area contributed by atoms with Crippen molar-refractivity contribution in [2.75, 3.05) is 18.5 Å². The van der Waals surface area contributed by atoms with E-state index in [-0.39, 0.29) is 18.3 Å². The predicted octanol–water partition coefficient (Wildman–Crippen LogP) is 4.69. The molecular weight excluding hydrogens is 397 g/mol. The minimum Gasteiger partial charge on any atom is -0.485 e. The van der Waals surface area contributed by atoms with E-state index in [1.807, 2.05) is 53.1 Å². The Kier molecular flexibility index (Phi) is 6.12. The van der Waals surface area contributed by atoms with E-state index in [9.17, 15) is 9.18 Å². The number of halogens is 1. The third kappa shape index (κ3) is 4.66. The van der Waals surface area contributed by atoms with Crippen LogP contribution in [0.2, 0.25) is 0 Å². The summed E-state index contributed by atoms with van der Waals surface area (Å²) in [6.45, 7) is 2.43. The van der Waals surface area contributed by atoms with Gasteiger partial charge >= 0.3 is 5.97 Å². The van der Waals surface area contributed by atoms with Gasteiger partial charge in [0.15, 0.2) is 11.4 Å². The summed E-state index contributed by atoms with van der Waals surface area (Å²) in [5.41, 5.74) is 2.92. The highest BCUT2D eigenvalue weighted by Crippen LogP contribution is 2.32. The van der Waals surface area contributed by atoms with Crippen molar-refractivity contribution >= 4 is 17.4 Å². The number of hydrogen-bond acceptors (Lipinski definition) is 5. The summed E-state index contributed by atoms with van der Waals surface area (Å²) in [4.78, 5) is 16.7. The quantitative estimate of drug-likeness (QED) is 0.420. The molecule has 0 saturated carbocycles. The van der Waals surface area contributed by atoms with Gasteiger partial charge in [0.05, 0.1) is 6.61 Å². The first-order valence-electron chi connectivity index (χ1n) is 9.99. The summed E-state index contributed by atoms with van der Waals surface area (Å²) in [6, 6.07) is 19.6. The minimum absolute atomic E-state index is 0.0229. The lowest BCUT2D eigenvalue weighted by atomic mass is 10.1. The number of carbonyl (C=O) groups is 1. The number of rotatable bonds is 8. The molecule has 0 aliphatic carbocycles. The Bertz CT molecular complexity index is 1170. The highest BCUT2D eigenvalue weighted by Gasteiger charge is 2.18. The fraction of sp³-hybridized carbons (Fsp3) is 0.167. The molecule has 7 heteroatoms. The van der Waals surface area contributed by atoms with Gasteiger partial charge in [-0.2, -0.15) is 0 Å². The average Bonchev–Trinajstić information content (AvgIpc) is 3.17. The Morgan fingerprint density at radius 1 is 1.06 bits per heavy atom. The number of ether oxygens (including phenoxy) is 2. The second kappa shape index (κ2) is 9.30. The molecule has 2 heterocycles. The summed E-state index contributed by atoms with van der Waals surface area (Å²) in [5, 5.41) is 3.11. The van der Waals surface area contributed by atoms with Gasteiger partial charge in [-0.15, -0.1) is 0 Å². The molecule has 0 bridgehead atoms. The van der Waals surface area contributed by atoms with Gasteiger partial charge < -0.3 is 14.8 Å². The Labute approximate surface area is 179 Å². The number of anilines is 1. The molecule has 0 atom stereocenters. The van der Waals surface area contributed by atoms with E-state index in [4.69, 9.17) is 14.5 Å².